The van der Waals surface area contributed by atoms with Crippen LogP contribution in [0.4, 0.5) is 0 Å². The minimum Gasteiger partial charge on any atom is -0.454 e. The van der Waals surface area contributed by atoms with E-state index in [4.69, 9.17) is 10.3 Å². The molecule has 0 fully saturated rings. The number of hydrogen-bond acceptors (Lipinski definition) is 4. The molecular weight excluding hydrogens is 302 g/mol. The molecule has 2 heterocycles. The zero-order valence-electron chi connectivity index (χ0n) is 9.22. The van der Waals surface area contributed by atoms with Gasteiger partial charge in [-0.1, -0.05) is 0 Å². The largest absolute Gasteiger partial charge is 0.454 e. The van der Waals surface area contributed by atoms with Crippen LogP contribution in [0.1, 0.15) is 16.3 Å². The third-order valence-corrected chi connectivity index (χ3v) is 2.92. The van der Waals surface area contributed by atoms with Gasteiger partial charge in [-0.25, -0.2) is 5.84 Å². The summed E-state index contributed by atoms with van der Waals surface area (Å²) in [7, 11) is 0. The van der Waals surface area contributed by atoms with Crippen LogP contribution in [0.2, 0.25) is 0 Å². The summed E-state index contributed by atoms with van der Waals surface area (Å²) in [5.74, 6) is 5.08. The van der Waals surface area contributed by atoms with E-state index in [0.29, 0.717) is 10.2 Å². The molecular formula is C11H10BrN3O3. The molecule has 2 aromatic rings. The Kier molecular flexibility index (Phi) is 3.63. The number of nitrogens with one attached hydrogen (secondary N) is 1. The molecule has 0 aliphatic heterocycles. The van der Waals surface area contributed by atoms with Crippen molar-refractivity contribution in [3.8, 4) is 0 Å². The predicted molar refractivity (Wildman–Crippen MR) is 67.9 cm³/mol. The molecule has 0 aromatic carbocycles. The van der Waals surface area contributed by atoms with E-state index in [1.807, 2.05) is 5.43 Å². The fraction of sp³-hybridized carbons (Fsp3) is 0.0909. The molecule has 3 N–H and O–H groups in total. The Balaban J connectivity index is 2.24. The number of furan rings is 1. The number of carbonyl (C=O) groups is 1. The van der Waals surface area contributed by atoms with Crippen molar-refractivity contribution in [2.24, 2.45) is 5.84 Å². The van der Waals surface area contributed by atoms with Gasteiger partial charge in [0, 0.05) is 6.20 Å². The Morgan fingerprint density at radius 3 is 2.94 bits per heavy atom. The maximum absolute atomic E-state index is 11.7. The van der Waals surface area contributed by atoms with Crippen LogP contribution in [0.25, 0.3) is 0 Å². The maximum Gasteiger partial charge on any atom is 0.300 e. The molecule has 0 bridgehead atoms. The Bertz CT molecular complexity index is 632. The van der Waals surface area contributed by atoms with Crippen molar-refractivity contribution in [3.05, 3.63) is 56.8 Å². The molecule has 0 saturated heterocycles. The van der Waals surface area contributed by atoms with E-state index in [9.17, 15) is 9.59 Å². The van der Waals surface area contributed by atoms with Gasteiger partial charge in [-0.05, 0) is 40.2 Å². The molecule has 0 saturated carbocycles. The number of nitrogen functional groups attached to an aromatic ring is 1. The zero-order chi connectivity index (χ0) is 13.1. The molecule has 18 heavy (non-hydrogen) atoms. The molecule has 1 amide bonds. The van der Waals surface area contributed by atoms with Gasteiger partial charge in [0.25, 0.3) is 5.56 Å². The molecule has 6 nitrogen and oxygen atoms in total. The highest BCUT2D eigenvalue weighted by atomic mass is 79.9. The van der Waals surface area contributed by atoms with Crippen LogP contribution in [0.15, 0.2) is 44.1 Å². The van der Waals surface area contributed by atoms with Crippen molar-refractivity contribution in [1.29, 1.82) is 0 Å². The van der Waals surface area contributed by atoms with Crippen LogP contribution in [0.3, 0.4) is 0 Å². The number of hydrazine groups is 1. The number of nitrogens with zero attached hydrogens (tertiary/aromatic N) is 1. The summed E-state index contributed by atoms with van der Waals surface area (Å²) in [6, 6.07) is 6.52. The second-order valence-corrected chi connectivity index (χ2v) is 4.38. The molecule has 94 valence electrons. The Morgan fingerprint density at radius 1 is 1.44 bits per heavy atom. The molecule has 2 aromatic heterocycles. The number of hydrogen-bond donors (Lipinski definition) is 2. The molecule has 0 atom stereocenters. The Labute approximate surface area is 110 Å². The molecule has 0 unspecified atom stereocenters. The number of pyridine rings is 1. The average Bonchev–Trinajstić information content (AvgIpc) is 2.82. The van der Waals surface area contributed by atoms with E-state index in [1.54, 1.807) is 24.4 Å². The number of rotatable bonds is 3. The number of halogens is 1. The number of carbonyl (C=O) groups excluding carboxylic acids is 1. The third kappa shape index (κ3) is 2.52. The highest BCUT2D eigenvalue weighted by molar-refractivity contribution is 9.10. The van der Waals surface area contributed by atoms with Crippen LogP contribution in [0, 0.1) is 0 Å². The van der Waals surface area contributed by atoms with E-state index in [2.05, 4.69) is 15.9 Å². The topological polar surface area (TPSA) is 90.3 Å². The zero-order valence-corrected chi connectivity index (χ0v) is 10.8. The fourth-order valence-electron chi connectivity index (χ4n) is 1.46. The van der Waals surface area contributed by atoms with Gasteiger partial charge in [0.1, 0.15) is 5.76 Å². The van der Waals surface area contributed by atoms with Gasteiger partial charge >= 0.3 is 5.91 Å². The van der Waals surface area contributed by atoms with Crippen LogP contribution < -0.4 is 16.8 Å². The van der Waals surface area contributed by atoms with Crippen LogP contribution >= 0.6 is 15.9 Å². The van der Waals surface area contributed by atoms with E-state index < -0.39 is 5.91 Å². The third-order valence-electron chi connectivity index (χ3n) is 2.32. The van der Waals surface area contributed by atoms with Crippen LogP contribution in [-0.4, -0.2) is 10.5 Å². The SMILES string of the molecule is NNC(=O)c1ccc(Cn2cccc(Br)c2=O)o1. The minimum atomic E-state index is -0.511. The summed E-state index contributed by atoms with van der Waals surface area (Å²) in [6.45, 7) is 0.246. The highest BCUT2D eigenvalue weighted by Gasteiger charge is 2.10. The summed E-state index contributed by atoms with van der Waals surface area (Å²) in [4.78, 5) is 22.9. The molecule has 0 spiro atoms. The first-order valence-electron chi connectivity index (χ1n) is 5.06. The number of nitrogens with two attached hydrogens (primary N) is 1. The molecule has 7 heteroatoms. The fourth-order valence-corrected chi connectivity index (χ4v) is 1.84. The normalized spacial score (nSPS) is 10.3. The molecule has 2 rings (SSSR count). The highest BCUT2D eigenvalue weighted by Crippen LogP contribution is 2.09. The lowest BCUT2D eigenvalue weighted by molar-refractivity contribution is 0.0924. The lowest BCUT2D eigenvalue weighted by atomic mass is 10.4. The summed E-state index contributed by atoms with van der Waals surface area (Å²) in [5, 5.41) is 0. The van der Waals surface area contributed by atoms with E-state index in [0.717, 1.165) is 0 Å². The smallest absolute Gasteiger partial charge is 0.300 e. The van der Waals surface area contributed by atoms with Crippen molar-refractivity contribution in [2.75, 3.05) is 0 Å². The lowest BCUT2D eigenvalue weighted by Gasteiger charge is -2.03. The summed E-state index contributed by atoms with van der Waals surface area (Å²) in [5.41, 5.74) is 1.80. The van der Waals surface area contributed by atoms with Crippen molar-refractivity contribution in [2.45, 2.75) is 6.54 Å². The van der Waals surface area contributed by atoms with Crippen molar-refractivity contribution in [1.82, 2.24) is 9.99 Å². The van der Waals surface area contributed by atoms with Crippen LogP contribution in [0.5, 0.6) is 0 Å². The first-order chi connectivity index (χ1) is 8.61. The summed E-state index contributed by atoms with van der Waals surface area (Å²) >= 11 is 3.15. The molecule has 0 radical (unpaired) electrons. The Hall–Kier alpha value is -1.86. The van der Waals surface area contributed by atoms with Gasteiger partial charge in [-0.3, -0.25) is 15.0 Å². The summed E-state index contributed by atoms with van der Waals surface area (Å²) < 4.78 is 7.20. The van der Waals surface area contributed by atoms with Gasteiger partial charge < -0.3 is 8.98 Å². The number of amides is 1. The van der Waals surface area contributed by atoms with Gasteiger partial charge in [0.15, 0.2) is 5.76 Å². The van der Waals surface area contributed by atoms with Crippen LogP contribution in [-0.2, 0) is 6.54 Å². The second kappa shape index (κ2) is 5.19. The van der Waals surface area contributed by atoms with Gasteiger partial charge in [0.2, 0.25) is 0 Å². The van der Waals surface area contributed by atoms with E-state index in [-0.39, 0.29) is 17.9 Å². The standard InChI is InChI=1S/C11H10BrN3O3/c12-8-2-1-5-15(11(8)17)6-7-3-4-9(18-7)10(16)14-13/h1-5H,6,13H2,(H,14,16). The van der Waals surface area contributed by atoms with Gasteiger partial charge in [-0.15, -0.1) is 0 Å². The summed E-state index contributed by atoms with van der Waals surface area (Å²) in [6.07, 6.45) is 1.64. The monoisotopic (exact) mass is 311 g/mol. The van der Waals surface area contributed by atoms with Crippen molar-refractivity contribution in [3.63, 3.8) is 0 Å². The quantitative estimate of drug-likeness (QED) is 0.499. The van der Waals surface area contributed by atoms with E-state index >= 15 is 0 Å². The predicted octanol–water partition coefficient (Wildman–Crippen LogP) is 0.856. The van der Waals surface area contributed by atoms with Gasteiger partial charge in [-0.2, -0.15) is 0 Å². The first kappa shape index (κ1) is 12.6. The van der Waals surface area contributed by atoms with Crippen molar-refractivity contribution >= 4 is 21.8 Å². The van der Waals surface area contributed by atoms with Gasteiger partial charge in [0.05, 0.1) is 11.0 Å². The first-order valence-corrected chi connectivity index (χ1v) is 5.85. The average molecular weight is 312 g/mol. The second-order valence-electron chi connectivity index (χ2n) is 3.53. The Morgan fingerprint density at radius 2 is 2.22 bits per heavy atom. The minimum absolute atomic E-state index is 0.107. The van der Waals surface area contributed by atoms with E-state index in [1.165, 1.54) is 10.6 Å². The number of aromatic nitrogens is 1. The van der Waals surface area contributed by atoms with Crippen molar-refractivity contribution < 1.29 is 9.21 Å². The lowest BCUT2D eigenvalue weighted by Crippen LogP contribution is -2.29. The molecule has 0 aliphatic rings. The molecule has 0 aliphatic carbocycles. The maximum atomic E-state index is 11.7.